The molecule has 12 heteroatoms. The van der Waals surface area contributed by atoms with Gasteiger partial charge in [-0.3, -0.25) is 9.59 Å². The zero-order valence-corrected chi connectivity index (χ0v) is 18.0. The van der Waals surface area contributed by atoms with Crippen LogP contribution in [0.15, 0.2) is 30.3 Å². The molecule has 1 aromatic rings. The number of nitrogens with zero attached hydrogens (tertiary/aromatic N) is 2. The molecule has 2 fully saturated rings. The molecule has 11 nitrogen and oxygen atoms in total. The van der Waals surface area contributed by atoms with Gasteiger partial charge in [-0.05, 0) is 32.3 Å². The van der Waals surface area contributed by atoms with E-state index in [1.807, 2.05) is 6.07 Å². The van der Waals surface area contributed by atoms with E-state index in [-0.39, 0.29) is 13.2 Å². The lowest BCUT2D eigenvalue weighted by Crippen LogP contribution is -2.47. The molecule has 2 aliphatic rings. The van der Waals surface area contributed by atoms with E-state index >= 15 is 0 Å². The Balaban J connectivity index is 1.55. The Labute approximate surface area is 180 Å². The molecule has 170 valence electrons. The van der Waals surface area contributed by atoms with E-state index in [9.17, 15) is 22.8 Å². The normalized spacial score (nSPS) is 21.3. The van der Waals surface area contributed by atoms with Crippen LogP contribution >= 0.6 is 0 Å². The average Bonchev–Trinajstić information content (AvgIpc) is 2.95. The molecule has 0 aliphatic carbocycles. The summed E-state index contributed by atoms with van der Waals surface area (Å²) < 4.78 is 39.5. The minimum atomic E-state index is -4.65. The molecule has 3 amide bonds. The Kier molecular flexibility index (Phi) is 6.53. The number of urea groups is 1. The van der Waals surface area contributed by atoms with Crippen molar-refractivity contribution in [1.82, 2.24) is 9.96 Å². The van der Waals surface area contributed by atoms with Crippen LogP contribution in [0.2, 0.25) is 0 Å². The number of esters is 1. The van der Waals surface area contributed by atoms with Crippen molar-refractivity contribution in [3.05, 3.63) is 35.9 Å². The molecule has 2 heterocycles. The first kappa shape index (κ1) is 23.0. The van der Waals surface area contributed by atoms with Crippen molar-refractivity contribution < 1.29 is 36.0 Å². The summed E-state index contributed by atoms with van der Waals surface area (Å²) in [6.07, 6.45) is 0.662. The van der Waals surface area contributed by atoms with Gasteiger partial charge in [0.1, 0.15) is 12.6 Å². The standard InChI is InChI=1S/C19H25N3O8S/c1-19(2,17(24)28-11-13-6-4-3-5-7-13)12-29-31(26,27)30-22-14-8-9-15(16(20)23)21(10-14)18(22)25/h3-7,14-15H,8-12H2,1-2H3,(H2,20,23). The lowest BCUT2D eigenvalue weighted by molar-refractivity contribution is -0.157. The fraction of sp³-hybridized carbons (Fsp3) is 0.526. The lowest BCUT2D eigenvalue weighted by atomic mass is 9.95. The van der Waals surface area contributed by atoms with Gasteiger partial charge >= 0.3 is 22.4 Å². The molecule has 3 rings (SSSR count). The van der Waals surface area contributed by atoms with E-state index < -0.39 is 52.4 Å². The summed E-state index contributed by atoms with van der Waals surface area (Å²) in [4.78, 5) is 37.4. The van der Waals surface area contributed by atoms with Gasteiger partial charge in [-0.25, -0.2) is 8.98 Å². The molecule has 0 radical (unpaired) electrons. The molecule has 31 heavy (non-hydrogen) atoms. The first-order chi connectivity index (χ1) is 14.5. The van der Waals surface area contributed by atoms with Crippen LogP contribution in [0.4, 0.5) is 4.79 Å². The van der Waals surface area contributed by atoms with Crippen LogP contribution in [0.25, 0.3) is 0 Å². The Morgan fingerprint density at radius 1 is 1.19 bits per heavy atom. The summed E-state index contributed by atoms with van der Waals surface area (Å²) in [6, 6.07) is 6.88. The van der Waals surface area contributed by atoms with Crippen LogP contribution in [-0.2, 0) is 39.8 Å². The fourth-order valence-electron chi connectivity index (χ4n) is 3.34. The van der Waals surface area contributed by atoms with E-state index in [0.29, 0.717) is 17.9 Å². The third kappa shape index (κ3) is 5.32. The first-order valence-electron chi connectivity index (χ1n) is 9.69. The second-order valence-electron chi connectivity index (χ2n) is 8.10. The summed E-state index contributed by atoms with van der Waals surface area (Å²) in [5.74, 6) is -1.32. The van der Waals surface area contributed by atoms with E-state index in [2.05, 4.69) is 0 Å². The maximum Gasteiger partial charge on any atom is 0.421 e. The number of benzene rings is 1. The second-order valence-corrected chi connectivity index (χ2v) is 9.30. The largest absolute Gasteiger partial charge is 0.460 e. The van der Waals surface area contributed by atoms with Crippen molar-refractivity contribution >= 4 is 28.3 Å². The summed E-state index contributed by atoms with van der Waals surface area (Å²) in [6.45, 7) is 2.54. The van der Waals surface area contributed by atoms with Gasteiger partial charge < -0.3 is 15.4 Å². The number of ether oxygens (including phenoxy) is 1. The van der Waals surface area contributed by atoms with E-state index in [1.54, 1.807) is 24.3 Å². The van der Waals surface area contributed by atoms with E-state index in [1.165, 1.54) is 18.7 Å². The number of rotatable bonds is 9. The number of carbonyl (C=O) groups excluding carboxylic acids is 3. The summed E-state index contributed by atoms with van der Waals surface area (Å²) in [5.41, 5.74) is 4.78. The number of hydrogen-bond acceptors (Lipinski definition) is 8. The number of nitrogens with two attached hydrogens (primary N) is 1. The fourth-order valence-corrected chi connectivity index (χ4v) is 4.21. The van der Waals surface area contributed by atoms with Gasteiger partial charge in [0.25, 0.3) is 0 Å². The highest BCUT2D eigenvalue weighted by molar-refractivity contribution is 7.81. The highest BCUT2D eigenvalue weighted by Gasteiger charge is 2.49. The monoisotopic (exact) mass is 455 g/mol. The minimum absolute atomic E-state index is 0.0349. The van der Waals surface area contributed by atoms with Crippen LogP contribution in [0, 0.1) is 5.41 Å². The average molecular weight is 455 g/mol. The van der Waals surface area contributed by atoms with Gasteiger partial charge in [0, 0.05) is 6.54 Å². The third-order valence-electron chi connectivity index (χ3n) is 5.15. The van der Waals surface area contributed by atoms with Crippen LogP contribution in [-0.4, -0.2) is 61.5 Å². The second kappa shape index (κ2) is 8.81. The molecule has 2 unspecified atom stereocenters. The maximum absolute atomic E-state index is 12.4. The van der Waals surface area contributed by atoms with Crippen molar-refractivity contribution in [2.24, 2.45) is 11.1 Å². The number of fused-ring (bicyclic) bond motifs is 2. The van der Waals surface area contributed by atoms with Gasteiger partial charge in [0.05, 0.1) is 18.1 Å². The van der Waals surface area contributed by atoms with Crippen molar-refractivity contribution in [3.8, 4) is 0 Å². The number of hydroxylamine groups is 2. The topological polar surface area (TPSA) is 146 Å². The summed E-state index contributed by atoms with van der Waals surface area (Å²) in [5, 5.41) is 0.680. The predicted molar refractivity (Wildman–Crippen MR) is 106 cm³/mol. The Bertz CT molecular complexity index is 950. The molecular weight excluding hydrogens is 430 g/mol. The van der Waals surface area contributed by atoms with E-state index in [0.717, 1.165) is 5.56 Å². The summed E-state index contributed by atoms with van der Waals surface area (Å²) >= 11 is 0. The molecular formula is C19H25N3O8S. The SMILES string of the molecule is CC(C)(COS(=O)(=O)ON1C(=O)N2CC1CCC2C(N)=O)C(=O)OCc1ccccc1. The molecule has 0 aromatic heterocycles. The highest BCUT2D eigenvalue weighted by atomic mass is 32.3. The van der Waals surface area contributed by atoms with Gasteiger partial charge in [-0.1, -0.05) is 30.3 Å². The molecule has 1 aromatic carbocycles. The highest BCUT2D eigenvalue weighted by Crippen LogP contribution is 2.31. The Morgan fingerprint density at radius 3 is 2.52 bits per heavy atom. The zero-order chi connectivity index (χ0) is 22.8. The summed E-state index contributed by atoms with van der Waals surface area (Å²) in [7, 11) is -4.65. The van der Waals surface area contributed by atoms with Gasteiger partial charge in [-0.2, -0.15) is 13.5 Å². The number of hydrogen-bond donors (Lipinski definition) is 1. The van der Waals surface area contributed by atoms with Crippen LogP contribution < -0.4 is 5.73 Å². The lowest BCUT2D eigenvalue weighted by Gasteiger charge is -2.27. The molecule has 2 saturated heterocycles. The quantitative estimate of drug-likeness (QED) is 0.536. The van der Waals surface area contributed by atoms with Crippen LogP contribution in [0.5, 0.6) is 0 Å². The van der Waals surface area contributed by atoms with Crippen molar-refractivity contribution in [3.63, 3.8) is 0 Å². The minimum Gasteiger partial charge on any atom is -0.460 e. The molecule has 2 N–H and O–H groups in total. The molecule has 0 spiro atoms. The number of primary amides is 1. The first-order valence-corrected chi connectivity index (χ1v) is 11.0. The molecule has 2 atom stereocenters. The van der Waals surface area contributed by atoms with Gasteiger partial charge in [0.15, 0.2) is 0 Å². The Morgan fingerprint density at radius 2 is 1.87 bits per heavy atom. The number of piperidine rings is 1. The molecule has 0 saturated carbocycles. The maximum atomic E-state index is 12.4. The number of amides is 3. The molecule has 2 aliphatic heterocycles. The van der Waals surface area contributed by atoms with Crippen molar-refractivity contribution in [2.45, 2.75) is 45.4 Å². The predicted octanol–water partition coefficient (Wildman–Crippen LogP) is 0.703. The number of carbonyl (C=O) groups is 3. The van der Waals surface area contributed by atoms with Crippen molar-refractivity contribution in [1.29, 1.82) is 0 Å². The van der Waals surface area contributed by atoms with Crippen LogP contribution in [0.3, 0.4) is 0 Å². The zero-order valence-electron chi connectivity index (χ0n) is 17.2. The van der Waals surface area contributed by atoms with Crippen LogP contribution in [0.1, 0.15) is 32.3 Å². The third-order valence-corrected chi connectivity index (χ3v) is 5.90. The molecule has 2 bridgehead atoms. The van der Waals surface area contributed by atoms with Gasteiger partial charge in [-0.15, -0.1) is 4.28 Å². The Hall–Kier alpha value is -2.70. The smallest absolute Gasteiger partial charge is 0.421 e. The van der Waals surface area contributed by atoms with Crippen molar-refractivity contribution in [2.75, 3.05) is 13.2 Å². The van der Waals surface area contributed by atoms with Gasteiger partial charge in [0.2, 0.25) is 5.91 Å². The van der Waals surface area contributed by atoms with E-state index in [4.69, 9.17) is 18.9 Å².